The summed E-state index contributed by atoms with van der Waals surface area (Å²) >= 11 is 0. The van der Waals surface area contributed by atoms with Crippen molar-refractivity contribution < 1.29 is 22.7 Å². The van der Waals surface area contributed by atoms with E-state index in [0.717, 1.165) is 18.4 Å². The molecule has 1 heterocycles. The van der Waals surface area contributed by atoms with Gasteiger partial charge in [0.2, 0.25) is 0 Å². The summed E-state index contributed by atoms with van der Waals surface area (Å²) in [6.07, 6.45) is 3.47. The fourth-order valence-electron chi connectivity index (χ4n) is 2.27. The van der Waals surface area contributed by atoms with E-state index in [-0.39, 0.29) is 4.90 Å². The van der Waals surface area contributed by atoms with Gasteiger partial charge in [0.05, 0.1) is 4.90 Å². The highest BCUT2D eigenvalue weighted by atomic mass is 32.2. The summed E-state index contributed by atoms with van der Waals surface area (Å²) in [7, 11) is -3.92. The molecule has 0 bridgehead atoms. The van der Waals surface area contributed by atoms with Crippen LogP contribution in [0.2, 0.25) is 0 Å². The SMILES string of the molecule is CC(=CC(=O)NS(=O)(=O)c1ccc2c(c1)OCCO2)C1CC1. The Labute approximate surface area is 129 Å². The number of allylic oxidation sites excluding steroid dienone is 1. The molecule has 2 aliphatic rings. The number of carbonyl (C=O) groups excluding carboxylic acids is 1. The predicted molar refractivity (Wildman–Crippen MR) is 79.2 cm³/mol. The standard InChI is InChI=1S/C15H17NO5S/c1-10(11-2-3-11)8-15(17)16-22(18,19)12-4-5-13-14(9-12)21-7-6-20-13/h4-5,8-9,11H,2-3,6-7H2,1H3,(H,16,17). The van der Waals surface area contributed by atoms with Crippen molar-refractivity contribution in [2.75, 3.05) is 13.2 Å². The third kappa shape index (κ3) is 3.24. The minimum atomic E-state index is -3.92. The van der Waals surface area contributed by atoms with Gasteiger partial charge in [-0.3, -0.25) is 4.79 Å². The Morgan fingerprint density at radius 2 is 1.91 bits per heavy atom. The zero-order chi connectivity index (χ0) is 15.7. The van der Waals surface area contributed by atoms with E-state index in [1.807, 2.05) is 6.92 Å². The van der Waals surface area contributed by atoms with E-state index in [9.17, 15) is 13.2 Å². The first kappa shape index (κ1) is 14.9. The number of amides is 1. The Morgan fingerprint density at radius 1 is 1.23 bits per heavy atom. The van der Waals surface area contributed by atoms with Crippen LogP contribution in [-0.2, 0) is 14.8 Å². The predicted octanol–water partition coefficient (Wildman–Crippen LogP) is 1.62. The van der Waals surface area contributed by atoms with E-state index in [2.05, 4.69) is 4.72 Å². The summed E-state index contributed by atoms with van der Waals surface area (Å²) in [5.41, 5.74) is 0.912. The lowest BCUT2D eigenvalue weighted by Crippen LogP contribution is -2.29. The molecule has 0 spiro atoms. The van der Waals surface area contributed by atoms with Crippen LogP contribution in [0.3, 0.4) is 0 Å². The van der Waals surface area contributed by atoms with Gasteiger partial charge in [0.15, 0.2) is 11.5 Å². The van der Waals surface area contributed by atoms with Gasteiger partial charge in [-0.15, -0.1) is 0 Å². The van der Waals surface area contributed by atoms with E-state index in [4.69, 9.17) is 9.47 Å². The van der Waals surface area contributed by atoms with Crippen molar-refractivity contribution in [2.45, 2.75) is 24.7 Å². The maximum atomic E-state index is 12.2. The molecule has 0 saturated heterocycles. The van der Waals surface area contributed by atoms with E-state index >= 15 is 0 Å². The normalized spacial score (nSPS) is 18.0. The molecule has 3 rings (SSSR count). The van der Waals surface area contributed by atoms with E-state index in [1.54, 1.807) is 0 Å². The highest BCUT2D eigenvalue weighted by Crippen LogP contribution is 2.36. The van der Waals surface area contributed by atoms with E-state index in [1.165, 1.54) is 24.3 Å². The lowest BCUT2D eigenvalue weighted by atomic mass is 10.2. The van der Waals surface area contributed by atoms with Crippen molar-refractivity contribution >= 4 is 15.9 Å². The number of carbonyl (C=O) groups is 1. The van der Waals surface area contributed by atoms with Gasteiger partial charge in [-0.05, 0) is 37.8 Å². The Kier molecular flexibility index (Phi) is 3.82. The van der Waals surface area contributed by atoms with Gasteiger partial charge in [0, 0.05) is 12.1 Å². The molecule has 6 nitrogen and oxygen atoms in total. The van der Waals surface area contributed by atoms with Crippen molar-refractivity contribution in [2.24, 2.45) is 5.92 Å². The summed E-state index contributed by atoms with van der Waals surface area (Å²) in [6, 6.07) is 4.28. The van der Waals surface area contributed by atoms with Crippen molar-refractivity contribution in [3.8, 4) is 11.5 Å². The first-order chi connectivity index (χ1) is 10.5. The minimum Gasteiger partial charge on any atom is -0.486 e. The summed E-state index contributed by atoms with van der Waals surface area (Å²) in [6.45, 7) is 2.64. The summed E-state index contributed by atoms with van der Waals surface area (Å²) < 4.78 is 37.2. The van der Waals surface area contributed by atoms with Gasteiger partial charge >= 0.3 is 0 Å². The molecule has 1 amide bonds. The molecule has 1 fully saturated rings. The number of hydrogen-bond donors (Lipinski definition) is 1. The molecule has 0 radical (unpaired) electrons. The maximum Gasteiger partial charge on any atom is 0.264 e. The second kappa shape index (κ2) is 5.64. The fraction of sp³-hybridized carbons (Fsp3) is 0.400. The molecule has 0 unspecified atom stereocenters. The van der Waals surface area contributed by atoms with Crippen LogP contribution >= 0.6 is 0 Å². The number of sulfonamides is 1. The van der Waals surface area contributed by atoms with Crippen LogP contribution in [0.15, 0.2) is 34.7 Å². The molecule has 1 aliphatic carbocycles. The van der Waals surface area contributed by atoms with Crippen molar-refractivity contribution in [3.05, 3.63) is 29.8 Å². The van der Waals surface area contributed by atoms with Gasteiger partial charge in [0.25, 0.3) is 15.9 Å². The monoisotopic (exact) mass is 323 g/mol. The first-order valence-electron chi connectivity index (χ1n) is 7.10. The molecule has 22 heavy (non-hydrogen) atoms. The smallest absolute Gasteiger partial charge is 0.264 e. The second-order valence-electron chi connectivity index (χ2n) is 5.44. The Balaban J connectivity index is 1.77. The molecule has 7 heteroatoms. The summed E-state index contributed by atoms with van der Waals surface area (Å²) in [4.78, 5) is 11.8. The molecular weight excluding hydrogens is 306 g/mol. The van der Waals surface area contributed by atoms with Gasteiger partial charge in [-0.25, -0.2) is 13.1 Å². The highest BCUT2D eigenvalue weighted by molar-refractivity contribution is 7.90. The van der Waals surface area contributed by atoms with Crippen LogP contribution in [-0.4, -0.2) is 27.5 Å². The molecule has 0 aromatic heterocycles. The first-order valence-corrected chi connectivity index (χ1v) is 8.59. The van der Waals surface area contributed by atoms with Crippen LogP contribution < -0.4 is 14.2 Å². The second-order valence-corrected chi connectivity index (χ2v) is 7.12. The molecule has 1 aromatic rings. The van der Waals surface area contributed by atoms with Crippen molar-refractivity contribution in [1.82, 2.24) is 4.72 Å². The third-order valence-corrected chi connectivity index (χ3v) is 4.98. The van der Waals surface area contributed by atoms with Crippen LogP contribution in [0.25, 0.3) is 0 Å². The maximum absolute atomic E-state index is 12.2. The van der Waals surface area contributed by atoms with Crippen molar-refractivity contribution in [3.63, 3.8) is 0 Å². The zero-order valence-corrected chi connectivity index (χ0v) is 13.0. The van der Waals surface area contributed by atoms with E-state index in [0.29, 0.717) is 30.6 Å². The summed E-state index contributed by atoms with van der Waals surface area (Å²) in [5.74, 6) is 0.661. The van der Waals surface area contributed by atoms with Crippen LogP contribution in [0, 0.1) is 5.92 Å². The lowest BCUT2D eigenvalue weighted by Gasteiger charge is -2.18. The number of fused-ring (bicyclic) bond motifs is 1. The Hall–Kier alpha value is -2.02. The minimum absolute atomic E-state index is 0.0254. The third-order valence-electron chi connectivity index (χ3n) is 3.64. The number of nitrogens with one attached hydrogen (secondary N) is 1. The quantitative estimate of drug-likeness (QED) is 0.852. The van der Waals surface area contributed by atoms with Crippen LogP contribution in [0.5, 0.6) is 11.5 Å². The molecular formula is C15H17NO5S. The van der Waals surface area contributed by atoms with E-state index < -0.39 is 15.9 Å². The molecule has 118 valence electrons. The Morgan fingerprint density at radius 3 is 2.59 bits per heavy atom. The van der Waals surface area contributed by atoms with Crippen LogP contribution in [0.1, 0.15) is 19.8 Å². The molecule has 0 atom stereocenters. The lowest BCUT2D eigenvalue weighted by molar-refractivity contribution is -0.114. The average molecular weight is 323 g/mol. The number of rotatable bonds is 4. The average Bonchev–Trinajstić information content (AvgIpc) is 3.30. The molecule has 1 saturated carbocycles. The summed E-state index contributed by atoms with van der Waals surface area (Å²) in [5, 5.41) is 0. The Bertz CT molecular complexity index is 734. The largest absolute Gasteiger partial charge is 0.486 e. The fourth-order valence-corrected chi connectivity index (χ4v) is 3.23. The highest BCUT2D eigenvalue weighted by Gasteiger charge is 2.25. The zero-order valence-electron chi connectivity index (χ0n) is 12.2. The topological polar surface area (TPSA) is 81.7 Å². The molecule has 1 N–H and O–H groups in total. The van der Waals surface area contributed by atoms with Crippen LogP contribution in [0.4, 0.5) is 0 Å². The number of hydrogen-bond acceptors (Lipinski definition) is 5. The van der Waals surface area contributed by atoms with Crippen molar-refractivity contribution in [1.29, 1.82) is 0 Å². The van der Waals surface area contributed by atoms with Gasteiger partial charge < -0.3 is 9.47 Å². The molecule has 1 aliphatic heterocycles. The van der Waals surface area contributed by atoms with Gasteiger partial charge in [-0.1, -0.05) is 5.57 Å². The van der Waals surface area contributed by atoms with Gasteiger partial charge in [0.1, 0.15) is 13.2 Å². The van der Waals surface area contributed by atoms with Gasteiger partial charge in [-0.2, -0.15) is 0 Å². The number of benzene rings is 1. The molecule has 1 aromatic carbocycles. The number of ether oxygens (including phenoxy) is 2.